The molecule has 0 saturated carbocycles. The molecule has 12 N–H and O–H groups in total. The summed E-state index contributed by atoms with van der Waals surface area (Å²) in [4.78, 5) is 164. The van der Waals surface area contributed by atoms with Crippen LogP contribution in [-0.2, 0) is 38.5 Å². The number of hydrogen-bond donors (Lipinski definition) is 12. The van der Waals surface area contributed by atoms with Gasteiger partial charge in [-0.05, 0) is 190 Å². The maximum atomic E-state index is 13.2. The van der Waals surface area contributed by atoms with E-state index in [1.54, 1.807) is 79.7 Å². The van der Waals surface area contributed by atoms with Gasteiger partial charge in [-0.25, -0.2) is 86.6 Å². The molecule has 0 atom stereocenters. The maximum Gasteiger partial charge on any atom is 0.325 e. The normalized spacial score (nSPS) is 10.6. The predicted octanol–water partition coefficient (Wildman–Crippen LogP) is 21.4. The lowest BCUT2D eigenvalue weighted by Gasteiger charge is -2.19. The highest BCUT2D eigenvalue weighted by Crippen LogP contribution is 2.54. The van der Waals surface area contributed by atoms with Gasteiger partial charge in [-0.1, -0.05) is 169 Å². The van der Waals surface area contributed by atoms with Crippen molar-refractivity contribution in [3.63, 3.8) is 0 Å². The molecule has 0 spiro atoms. The van der Waals surface area contributed by atoms with E-state index >= 15 is 0 Å². The van der Waals surface area contributed by atoms with E-state index in [9.17, 15) is 88.2 Å². The summed E-state index contributed by atoms with van der Waals surface area (Å²) >= 11 is 0. The third-order valence-corrected chi connectivity index (χ3v) is 21.4. The minimum Gasteiger partial charge on any atom is -0.479 e. The van der Waals surface area contributed by atoms with Crippen LogP contribution in [0.15, 0.2) is 146 Å². The first-order valence-electron chi connectivity index (χ1n) is 37.9. The number of fused-ring (bicyclic) bond motifs is 6. The standard InChI is InChI=1S/C57H45N3O12.3C13H7NO4/c1-10-29-30(11-2)40-38(45(54(65)66)50(59-8)46(40)55(67)68)21-20-35(29)27-22-26(25-16-18-36-37(19-17-25)44(53(63)64)49(58-7)43(36)52(61)62)23-28(24-27)39-31(12-3)33(14-5)41-42(34(15-6)32(39)13-4)48(57(71)72)51(60-9)47(41)56(69)70;3*1-14-11-9(12(15)16)7-5-3-2-4-6-8(7)10(11)13(17)18/h16-24H,10-15H2,1-6H3,(H,61,62)(H,63,64)(H,65,66)(H,67,68)(H,69,70)(H,71,72);3*2-6H,(H,15,16)(H,17,18). The minimum atomic E-state index is -1.50. The SMILES string of the molecule is [C-]#[N+]c1c(C(=O)O)c2ccc(-c3cc(-c4ccc5c(C(=O)O)c([N+]#[C-])c(C(=O)O)c-5c(CC)c4CC)cc(-c4c(CC)c(CC)c5c(C(=O)O)c([N+]#[C-])c(C(=O)O)c-5c(CC)c4CC)c3)ccc-2c1C(=O)O.[C-]#[N+]c1c(C(=O)O)c2cccccc-2c1C(=O)O.[C-]#[N+]c1c(C(=O)O)c2cccccc-2c1C(=O)O.[C-]#[N+]c1c(C(=O)O)c2cccccc-2c1C(=O)O. The number of carboxylic acid groups (broad SMARTS) is 12. The molecule has 1 aromatic rings. The van der Waals surface area contributed by atoms with Gasteiger partial charge in [-0.15, -0.1) is 0 Å². The van der Waals surface area contributed by atoms with Crippen LogP contribution in [0.2, 0.25) is 0 Å². The number of rotatable bonds is 21. The largest absolute Gasteiger partial charge is 0.479 e. The summed E-state index contributed by atoms with van der Waals surface area (Å²) in [5, 5.41) is 118. The summed E-state index contributed by atoms with van der Waals surface area (Å²) in [6.45, 7) is 55.6. The smallest absolute Gasteiger partial charge is 0.325 e. The molecule has 0 amide bonds. The van der Waals surface area contributed by atoms with Crippen molar-refractivity contribution in [2.24, 2.45) is 0 Å². The fraction of sp³-hybridized carbons (Fsp3) is 0.125. The first kappa shape index (κ1) is 90.3. The van der Waals surface area contributed by atoms with Crippen molar-refractivity contribution >= 4 is 106 Å². The number of nitrogens with zero attached hydrogens (tertiary/aromatic N) is 6. The number of carbonyl (C=O) groups is 12. The summed E-state index contributed by atoms with van der Waals surface area (Å²) in [7, 11) is 0. The molecular formula is C96H66N6O24. The monoisotopic (exact) mass is 1690 g/mol. The Morgan fingerprint density at radius 1 is 0.198 bits per heavy atom. The van der Waals surface area contributed by atoms with Crippen molar-refractivity contribution in [2.45, 2.75) is 80.1 Å². The fourth-order valence-corrected chi connectivity index (χ4v) is 16.7. The van der Waals surface area contributed by atoms with Gasteiger partial charge in [-0.3, -0.25) is 0 Å². The Morgan fingerprint density at radius 3 is 0.643 bits per heavy atom. The summed E-state index contributed by atoms with van der Waals surface area (Å²) in [6, 6.07) is 38.4. The lowest BCUT2D eigenvalue weighted by atomic mass is 9.85. The minimum absolute atomic E-state index is 0.00316. The van der Waals surface area contributed by atoms with Gasteiger partial charge in [0.2, 0.25) is 34.1 Å². The molecule has 0 aromatic heterocycles. The molecule has 0 heterocycles. The molecule has 0 radical (unpaired) electrons. The van der Waals surface area contributed by atoms with Crippen molar-refractivity contribution in [1.29, 1.82) is 0 Å². The molecule has 30 nitrogen and oxygen atoms in total. The molecule has 126 heavy (non-hydrogen) atoms. The van der Waals surface area contributed by atoms with Crippen LogP contribution < -0.4 is 0 Å². The molecule has 0 aliphatic heterocycles. The molecule has 1 aromatic carbocycles. The number of aromatic carboxylic acids is 12. The molecule has 0 bridgehead atoms. The van der Waals surface area contributed by atoms with Crippen molar-refractivity contribution < 1.29 is 119 Å². The van der Waals surface area contributed by atoms with E-state index in [0.717, 1.165) is 0 Å². The fourth-order valence-electron chi connectivity index (χ4n) is 16.7. The number of benzene rings is 1. The second-order valence-corrected chi connectivity index (χ2v) is 27.5. The quantitative estimate of drug-likeness (QED) is 0.0297. The Morgan fingerprint density at radius 2 is 0.389 bits per heavy atom. The van der Waals surface area contributed by atoms with Crippen molar-refractivity contribution in [3.05, 3.63) is 314 Å². The van der Waals surface area contributed by atoms with Gasteiger partial charge in [0.15, 0.2) is 0 Å². The van der Waals surface area contributed by atoms with Gasteiger partial charge in [0.1, 0.15) is 0 Å². The van der Waals surface area contributed by atoms with E-state index < -0.39 is 122 Å². The highest BCUT2D eigenvalue weighted by atomic mass is 16.4. The van der Waals surface area contributed by atoms with Crippen LogP contribution in [0.25, 0.3) is 129 Å². The number of hydrogen-bond acceptors (Lipinski definition) is 12. The zero-order valence-electron chi connectivity index (χ0n) is 67.0. The van der Waals surface area contributed by atoms with Gasteiger partial charge < -0.3 is 61.3 Å². The Labute approximate surface area is 715 Å². The molecule has 624 valence electrons. The van der Waals surface area contributed by atoms with Gasteiger partial charge in [-0.2, -0.15) is 0 Å². The predicted molar refractivity (Wildman–Crippen MR) is 459 cm³/mol. The number of carboxylic acids is 12. The zero-order valence-corrected chi connectivity index (χ0v) is 67.0. The van der Waals surface area contributed by atoms with Crippen LogP contribution in [0, 0.1) is 39.4 Å². The van der Waals surface area contributed by atoms with Crippen LogP contribution in [0.4, 0.5) is 34.1 Å². The van der Waals surface area contributed by atoms with Crippen molar-refractivity contribution in [2.75, 3.05) is 0 Å². The third kappa shape index (κ3) is 15.7. The van der Waals surface area contributed by atoms with E-state index in [4.69, 9.17) is 70.1 Å². The second-order valence-electron chi connectivity index (χ2n) is 27.5. The van der Waals surface area contributed by atoms with Crippen molar-refractivity contribution in [1.82, 2.24) is 0 Å². The second kappa shape index (κ2) is 37.1. The van der Waals surface area contributed by atoms with E-state index in [1.807, 2.05) is 52.8 Å². The first-order chi connectivity index (χ1) is 60.1. The van der Waals surface area contributed by atoms with E-state index in [2.05, 4.69) is 29.1 Å². The Hall–Kier alpha value is -18.0. The van der Waals surface area contributed by atoms with Crippen LogP contribution in [-0.4, -0.2) is 133 Å². The Bertz CT molecular complexity index is 6440. The first-order valence-corrected chi connectivity index (χ1v) is 37.9. The molecule has 0 saturated heterocycles. The van der Waals surface area contributed by atoms with Crippen molar-refractivity contribution in [3.8, 4) is 100 Å². The van der Waals surface area contributed by atoms with Crippen LogP contribution in [0.3, 0.4) is 0 Å². The van der Waals surface area contributed by atoms with Gasteiger partial charge in [0.05, 0.1) is 106 Å². The van der Waals surface area contributed by atoms with E-state index in [1.165, 1.54) is 54.6 Å². The van der Waals surface area contributed by atoms with Gasteiger partial charge in [0, 0.05) is 0 Å². The molecule has 12 aliphatic rings. The van der Waals surface area contributed by atoms with E-state index in [-0.39, 0.29) is 136 Å². The molecule has 30 heteroatoms. The van der Waals surface area contributed by atoms with Gasteiger partial charge in [0.25, 0.3) is 0 Å². The highest BCUT2D eigenvalue weighted by Gasteiger charge is 2.40. The molecule has 13 rings (SSSR count). The topological polar surface area (TPSA) is 474 Å². The highest BCUT2D eigenvalue weighted by molar-refractivity contribution is 6.22. The molecular weight excluding hydrogens is 1620 g/mol. The third-order valence-electron chi connectivity index (χ3n) is 21.4. The molecule has 0 unspecified atom stereocenters. The maximum absolute atomic E-state index is 13.2. The van der Waals surface area contributed by atoms with E-state index in [0.29, 0.717) is 86.0 Å². The lowest BCUT2D eigenvalue weighted by Crippen LogP contribution is -2.02. The van der Waals surface area contributed by atoms with Crippen LogP contribution in [0.5, 0.6) is 0 Å². The Balaban J connectivity index is 0.000000242. The molecule has 12 aliphatic carbocycles. The van der Waals surface area contributed by atoms with Crippen LogP contribution >= 0.6 is 0 Å². The summed E-state index contributed by atoms with van der Waals surface area (Å²) in [6.07, 6.45) is 1.58. The average molecular weight is 1690 g/mol. The summed E-state index contributed by atoms with van der Waals surface area (Å²) in [5.41, 5.74) is 2.16. The molecule has 0 fully saturated rings. The summed E-state index contributed by atoms with van der Waals surface area (Å²) < 4.78 is 0. The zero-order chi connectivity index (χ0) is 92.6. The van der Waals surface area contributed by atoms with Gasteiger partial charge >= 0.3 is 71.6 Å². The van der Waals surface area contributed by atoms with Crippen LogP contribution in [0.1, 0.15) is 199 Å². The summed E-state index contributed by atoms with van der Waals surface area (Å²) in [5.74, 6) is -16.7. The lowest BCUT2D eigenvalue weighted by molar-refractivity contribution is 0.0683. The average Bonchev–Trinajstić information content (AvgIpc) is 1.56. The Kier molecular flexibility index (Phi) is 26.6.